The molecule has 266 valence electrons. The molecule has 0 amide bonds. The van der Waals surface area contributed by atoms with Crippen LogP contribution in [0.1, 0.15) is 0 Å². The van der Waals surface area contributed by atoms with E-state index in [1.54, 1.807) is 0 Å². The third-order valence-corrected chi connectivity index (χ3v) is 11.7. The lowest BCUT2D eigenvalue weighted by atomic mass is 9.96. The fraction of sp³-hybridized carbons (Fsp3) is 0. The van der Waals surface area contributed by atoms with Gasteiger partial charge in [-0.05, 0) is 106 Å². The molecule has 0 atom stereocenters. The topological polar surface area (TPSA) is 23.0 Å². The maximum Gasteiger partial charge on any atom is 0.135 e. The Labute approximate surface area is 328 Å². The SMILES string of the molecule is c1ccc(-c2cc(-c3ccc4oc5ccc(-n6c7ccccc7c7c(-c8ccccc8)cccc76)cc5c4c3)cc(-n3c4ccccc4c4ccccc43)c2)cc1. The van der Waals surface area contributed by atoms with Crippen molar-refractivity contribution in [2.24, 2.45) is 0 Å². The maximum atomic E-state index is 6.53. The summed E-state index contributed by atoms with van der Waals surface area (Å²) in [5, 5.41) is 7.19. The minimum absolute atomic E-state index is 0.876. The lowest BCUT2D eigenvalue weighted by molar-refractivity contribution is 0.669. The van der Waals surface area contributed by atoms with Crippen molar-refractivity contribution in [1.82, 2.24) is 9.13 Å². The van der Waals surface area contributed by atoms with Crippen LogP contribution in [0.2, 0.25) is 0 Å². The van der Waals surface area contributed by atoms with Crippen molar-refractivity contribution < 1.29 is 4.42 Å². The second-order valence-electron chi connectivity index (χ2n) is 14.9. The molecule has 3 aromatic heterocycles. The van der Waals surface area contributed by atoms with Crippen LogP contribution in [0.15, 0.2) is 211 Å². The van der Waals surface area contributed by atoms with Crippen molar-refractivity contribution in [2.75, 3.05) is 0 Å². The van der Waals surface area contributed by atoms with E-state index in [4.69, 9.17) is 4.42 Å². The predicted octanol–water partition coefficient (Wildman–Crippen LogP) is 14.8. The summed E-state index contributed by atoms with van der Waals surface area (Å²) in [6.07, 6.45) is 0. The molecule has 3 nitrogen and oxygen atoms in total. The van der Waals surface area contributed by atoms with E-state index in [1.165, 1.54) is 65.9 Å². The van der Waals surface area contributed by atoms with Gasteiger partial charge in [-0.1, -0.05) is 133 Å². The van der Waals surface area contributed by atoms with Crippen LogP contribution in [0.5, 0.6) is 0 Å². The van der Waals surface area contributed by atoms with E-state index in [-0.39, 0.29) is 0 Å². The van der Waals surface area contributed by atoms with Gasteiger partial charge in [-0.3, -0.25) is 0 Å². The number of para-hydroxylation sites is 3. The summed E-state index contributed by atoms with van der Waals surface area (Å²) in [6, 6.07) is 74.5. The lowest BCUT2D eigenvalue weighted by Crippen LogP contribution is -1.96. The Morgan fingerprint density at radius 3 is 1.51 bits per heavy atom. The molecular formula is C54H34N2O. The zero-order chi connectivity index (χ0) is 37.5. The molecule has 0 N–H and O–H groups in total. The summed E-state index contributed by atoms with van der Waals surface area (Å²) in [5.74, 6) is 0. The molecule has 12 aromatic rings. The van der Waals surface area contributed by atoms with Gasteiger partial charge < -0.3 is 13.6 Å². The van der Waals surface area contributed by atoms with E-state index in [2.05, 4.69) is 215 Å². The Balaban J connectivity index is 1.06. The molecule has 0 fully saturated rings. The summed E-state index contributed by atoms with van der Waals surface area (Å²) in [5.41, 5.74) is 15.8. The van der Waals surface area contributed by atoms with Crippen LogP contribution in [-0.2, 0) is 0 Å². The quantitative estimate of drug-likeness (QED) is 0.173. The molecule has 9 aromatic carbocycles. The number of hydrogen-bond acceptors (Lipinski definition) is 1. The van der Waals surface area contributed by atoms with Gasteiger partial charge in [0.15, 0.2) is 0 Å². The zero-order valence-corrected chi connectivity index (χ0v) is 30.9. The average Bonchev–Trinajstić information content (AvgIpc) is 3.94. The van der Waals surface area contributed by atoms with Crippen molar-refractivity contribution in [3.63, 3.8) is 0 Å². The molecule has 0 saturated carbocycles. The third-order valence-electron chi connectivity index (χ3n) is 11.7. The number of aromatic nitrogens is 2. The van der Waals surface area contributed by atoms with Crippen molar-refractivity contribution >= 4 is 65.6 Å². The number of rotatable bonds is 5. The first-order valence-corrected chi connectivity index (χ1v) is 19.5. The molecule has 0 aliphatic heterocycles. The normalized spacial score (nSPS) is 11.9. The highest BCUT2D eigenvalue weighted by Gasteiger charge is 2.19. The first-order valence-electron chi connectivity index (χ1n) is 19.5. The van der Waals surface area contributed by atoms with Crippen LogP contribution < -0.4 is 0 Å². The Hall–Kier alpha value is -7.62. The van der Waals surface area contributed by atoms with Gasteiger partial charge in [0.2, 0.25) is 0 Å². The fourth-order valence-corrected chi connectivity index (χ4v) is 9.14. The summed E-state index contributed by atoms with van der Waals surface area (Å²) in [4.78, 5) is 0. The molecule has 0 bridgehead atoms. The van der Waals surface area contributed by atoms with Gasteiger partial charge >= 0.3 is 0 Å². The molecule has 12 rings (SSSR count). The molecule has 0 aliphatic rings. The molecule has 0 unspecified atom stereocenters. The average molecular weight is 727 g/mol. The maximum absolute atomic E-state index is 6.53. The van der Waals surface area contributed by atoms with Crippen molar-refractivity contribution in [3.05, 3.63) is 206 Å². The van der Waals surface area contributed by atoms with Crippen molar-refractivity contribution in [2.45, 2.75) is 0 Å². The van der Waals surface area contributed by atoms with Crippen LogP contribution >= 0.6 is 0 Å². The highest BCUT2D eigenvalue weighted by atomic mass is 16.3. The molecule has 57 heavy (non-hydrogen) atoms. The van der Waals surface area contributed by atoms with Gasteiger partial charge in [0.05, 0.1) is 22.1 Å². The first-order chi connectivity index (χ1) is 28.3. The van der Waals surface area contributed by atoms with Gasteiger partial charge in [0.1, 0.15) is 11.2 Å². The van der Waals surface area contributed by atoms with Crippen LogP contribution in [0.3, 0.4) is 0 Å². The lowest BCUT2D eigenvalue weighted by Gasteiger charge is -2.14. The van der Waals surface area contributed by atoms with Gasteiger partial charge in [-0.2, -0.15) is 0 Å². The van der Waals surface area contributed by atoms with Crippen LogP contribution in [-0.4, -0.2) is 9.13 Å². The summed E-state index contributed by atoms with van der Waals surface area (Å²) in [6.45, 7) is 0. The smallest absolute Gasteiger partial charge is 0.135 e. The van der Waals surface area contributed by atoms with E-state index < -0.39 is 0 Å². The monoisotopic (exact) mass is 726 g/mol. The number of nitrogens with zero attached hydrogens (tertiary/aromatic N) is 2. The summed E-state index contributed by atoms with van der Waals surface area (Å²) in [7, 11) is 0. The summed E-state index contributed by atoms with van der Waals surface area (Å²) >= 11 is 0. The summed E-state index contributed by atoms with van der Waals surface area (Å²) < 4.78 is 11.3. The Bertz CT molecular complexity index is 3460. The standard InChI is InChI=1S/C54H34N2O/c1-3-14-35(15-4-1)38-30-39(32-41(31-38)56-48-22-10-7-18-43(48)44-19-8-11-23-49(44)56)37-26-28-52-46(33-37)47-34-40(27-29-53(47)57-52)55-50-24-12-9-20-45(50)54-42(21-13-25-51(54)55)36-16-5-2-6-17-36/h1-34H. The van der Waals surface area contributed by atoms with E-state index >= 15 is 0 Å². The Morgan fingerprint density at radius 2 is 0.807 bits per heavy atom. The number of fused-ring (bicyclic) bond motifs is 9. The number of furan rings is 1. The van der Waals surface area contributed by atoms with E-state index in [1.807, 2.05) is 0 Å². The second kappa shape index (κ2) is 12.5. The van der Waals surface area contributed by atoms with E-state index in [9.17, 15) is 0 Å². The largest absolute Gasteiger partial charge is 0.456 e. The van der Waals surface area contributed by atoms with Gasteiger partial charge in [-0.25, -0.2) is 0 Å². The first kappa shape index (κ1) is 31.7. The van der Waals surface area contributed by atoms with Gasteiger partial charge in [0.25, 0.3) is 0 Å². The fourth-order valence-electron chi connectivity index (χ4n) is 9.14. The van der Waals surface area contributed by atoms with Crippen molar-refractivity contribution in [3.8, 4) is 44.8 Å². The molecule has 0 aliphatic carbocycles. The highest BCUT2D eigenvalue weighted by Crippen LogP contribution is 2.41. The molecule has 0 radical (unpaired) electrons. The van der Waals surface area contributed by atoms with Gasteiger partial charge in [0, 0.05) is 43.7 Å². The minimum Gasteiger partial charge on any atom is -0.456 e. The van der Waals surface area contributed by atoms with E-state index in [0.29, 0.717) is 0 Å². The molecule has 3 heterocycles. The minimum atomic E-state index is 0.876. The second-order valence-corrected chi connectivity index (χ2v) is 14.9. The Morgan fingerprint density at radius 1 is 0.281 bits per heavy atom. The molecule has 0 spiro atoms. The number of hydrogen-bond donors (Lipinski definition) is 0. The van der Waals surface area contributed by atoms with Crippen molar-refractivity contribution in [1.29, 1.82) is 0 Å². The Kier molecular flexibility index (Phi) is 6.93. The van der Waals surface area contributed by atoms with Crippen LogP contribution in [0.4, 0.5) is 0 Å². The molecular weight excluding hydrogens is 693 g/mol. The molecule has 3 heteroatoms. The van der Waals surface area contributed by atoms with Gasteiger partial charge in [-0.15, -0.1) is 0 Å². The highest BCUT2D eigenvalue weighted by molar-refractivity contribution is 6.16. The van der Waals surface area contributed by atoms with Crippen LogP contribution in [0, 0.1) is 0 Å². The third kappa shape index (κ3) is 4.92. The predicted molar refractivity (Wildman–Crippen MR) is 239 cm³/mol. The van der Waals surface area contributed by atoms with Crippen LogP contribution in [0.25, 0.3) is 110 Å². The molecule has 0 saturated heterocycles. The zero-order valence-electron chi connectivity index (χ0n) is 30.9. The number of benzene rings is 9. The van der Waals surface area contributed by atoms with E-state index in [0.717, 1.165) is 44.4 Å².